The molecule has 0 amide bonds. The molecule has 0 fully saturated rings. The van der Waals surface area contributed by atoms with E-state index >= 15 is 0 Å². The van der Waals surface area contributed by atoms with Crippen molar-refractivity contribution in [2.24, 2.45) is 0 Å². The molecule has 1 unspecified atom stereocenters. The number of aromatic nitrogens is 1. The highest BCUT2D eigenvalue weighted by Gasteiger charge is 2.32. The molecule has 0 spiro atoms. The molecule has 5 nitrogen and oxygen atoms in total. The molecular formula is C13H10BrNO4. The first-order valence-electron chi connectivity index (χ1n) is 5.80. The van der Waals surface area contributed by atoms with Crippen molar-refractivity contribution in [3.8, 4) is 0 Å². The van der Waals surface area contributed by atoms with Gasteiger partial charge >= 0.3 is 5.97 Å². The Morgan fingerprint density at radius 2 is 2.11 bits per heavy atom. The van der Waals surface area contributed by atoms with Gasteiger partial charge < -0.3 is 14.1 Å². The Balaban J connectivity index is 1.98. The van der Waals surface area contributed by atoms with E-state index < -0.39 is 11.9 Å². The maximum absolute atomic E-state index is 12.3. The summed E-state index contributed by atoms with van der Waals surface area (Å²) < 4.78 is 7.50. The molecule has 0 aromatic carbocycles. The summed E-state index contributed by atoms with van der Waals surface area (Å²) in [6.45, 7) is 0.544. The van der Waals surface area contributed by atoms with Gasteiger partial charge in [0.2, 0.25) is 5.78 Å². The Bertz CT molecular complexity index is 670. The van der Waals surface area contributed by atoms with Gasteiger partial charge in [0.25, 0.3) is 0 Å². The molecule has 6 heteroatoms. The molecule has 0 bridgehead atoms. The average Bonchev–Trinajstić information content (AvgIpc) is 3.01. The van der Waals surface area contributed by atoms with Crippen LogP contribution in [0.4, 0.5) is 0 Å². The number of furan rings is 1. The maximum atomic E-state index is 12.3. The van der Waals surface area contributed by atoms with Crippen LogP contribution in [0.1, 0.15) is 34.3 Å². The van der Waals surface area contributed by atoms with Crippen molar-refractivity contribution in [2.45, 2.75) is 18.9 Å². The van der Waals surface area contributed by atoms with Crippen molar-refractivity contribution in [3.63, 3.8) is 0 Å². The van der Waals surface area contributed by atoms with Gasteiger partial charge in [-0.2, -0.15) is 0 Å². The Morgan fingerprint density at radius 3 is 2.74 bits per heavy atom. The number of ketones is 1. The highest BCUT2D eigenvalue weighted by molar-refractivity contribution is 9.10. The molecule has 98 valence electrons. The molecule has 1 N–H and O–H groups in total. The van der Waals surface area contributed by atoms with Crippen molar-refractivity contribution in [1.29, 1.82) is 0 Å². The average molecular weight is 324 g/mol. The Kier molecular flexibility index (Phi) is 2.82. The number of carboxylic acid groups (broad SMARTS) is 1. The van der Waals surface area contributed by atoms with Gasteiger partial charge in [0.05, 0.1) is 11.6 Å². The quantitative estimate of drug-likeness (QED) is 0.881. The van der Waals surface area contributed by atoms with Crippen LogP contribution in [0.15, 0.2) is 33.4 Å². The first-order chi connectivity index (χ1) is 9.08. The maximum Gasteiger partial charge on any atom is 0.312 e. The minimum absolute atomic E-state index is 0.233. The van der Waals surface area contributed by atoms with Crippen molar-refractivity contribution < 1.29 is 19.1 Å². The highest BCUT2D eigenvalue weighted by Crippen LogP contribution is 2.31. The van der Waals surface area contributed by atoms with E-state index in [1.54, 1.807) is 28.8 Å². The predicted molar refractivity (Wildman–Crippen MR) is 69.3 cm³/mol. The van der Waals surface area contributed by atoms with E-state index in [-0.39, 0.29) is 11.5 Å². The fraction of sp³-hybridized carbons (Fsp3) is 0.231. The molecule has 2 aromatic rings. The van der Waals surface area contributed by atoms with E-state index in [0.717, 1.165) is 0 Å². The topological polar surface area (TPSA) is 72.4 Å². The number of aliphatic carboxylic acids is 1. The van der Waals surface area contributed by atoms with E-state index in [4.69, 9.17) is 9.52 Å². The van der Waals surface area contributed by atoms with Gasteiger partial charge in [0.1, 0.15) is 0 Å². The third-order valence-corrected chi connectivity index (χ3v) is 3.77. The second-order valence-corrected chi connectivity index (χ2v) is 5.19. The summed E-state index contributed by atoms with van der Waals surface area (Å²) in [5.74, 6) is -1.36. The summed E-state index contributed by atoms with van der Waals surface area (Å²) in [5, 5.41) is 9.11. The van der Waals surface area contributed by atoms with E-state index in [1.165, 1.54) is 0 Å². The molecule has 0 saturated carbocycles. The lowest BCUT2D eigenvalue weighted by atomic mass is 10.1. The van der Waals surface area contributed by atoms with Crippen LogP contribution >= 0.6 is 15.9 Å². The number of rotatable bonds is 3. The molecule has 0 saturated heterocycles. The number of fused-ring (bicyclic) bond motifs is 1. The molecule has 1 aliphatic heterocycles. The number of hydrogen-bond donors (Lipinski definition) is 1. The molecule has 19 heavy (non-hydrogen) atoms. The Hall–Kier alpha value is -1.82. The molecule has 1 atom stereocenters. The summed E-state index contributed by atoms with van der Waals surface area (Å²) in [7, 11) is 0. The van der Waals surface area contributed by atoms with E-state index in [9.17, 15) is 9.59 Å². The Labute approximate surface area is 117 Å². The fourth-order valence-electron chi connectivity index (χ4n) is 2.45. The van der Waals surface area contributed by atoms with Crippen LogP contribution in [0.3, 0.4) is 0 Å². The summed E-state index contributed by atoms with van der Waals surface area (Å²) in [6.07, 6.45) is 0.521. The van der Waals surface area contributed by atoms with Crippen molar-refractivity contribution >= 4 is 27.7 Å². The van der Waals surface area contributed by atoms with Gasteiger partial charge in [0, 0.05) is 12.2 Å². The zero-order valence-electron chi connectivity index (χ0n) is 9.80. The summed E-state index contributed by atoms with van der Waals surface area (Å²) in [4.78, 5) is 23.4. The molecule has 0 radical (unpaired) electrons. The van der Waals surface area contributed by atoms with E-state index in [1.807, 2.05) is 0 Å². The third-order valence-electron chi connectivity index (χ3n) is 3.34. The SMILES string of the molecule is O=C(c1ccc(Br)o1)c1ccc2n1CCC2C(=O)O. The minimum atomic E-state index is -0.850. The zero-order chi connectivity index (χ0) is 13.6. The van der Waals surface area contributed by atoms with Crippen LogP contribution < -0.4 is 0 Å². The van der Waals surface area contributed by atoms with Crippen LogP contribution in [0.5, 0.6) is 0 Å². The van der Waals surface area contributed by atoms with Crippen LogP contribution in [0.2, 0.25) is 0 Å². The molecule has 3 rings (SSSR count). The summed E-state index contributed by atoms with van der Waals surface area (Å²) in [6, 6.07) is 6.61. The van der Waals surface area contributed by atoms with Gasteiger partial charge in [-0.3, -0.25) is 9.59 Å². The highest BCUT2D eigenvalue weighted by atomic mass is 79.9. The van der Waals surface area contributed by atoms with Gasteiger partial charge in [0.15, 0.2) is 10.4 Å². The van der Waals surface area contributed by atoms with E-state index in [2.05, 4.69) is 15.9 Å². The lowest BCUT2D eigenvalue weighted by Crippen LogP contribution is -2.09. The first kappa shape index (κ1) is 12.2. The number of hydrogen-bond acceptors (Lipinski definition) is 3. The van der Waals surface area contributed by atoms with Crippen LogP contribution in [-0.2, 0) is 11.3 Å². The first-order valence-corrected chi connectivity index (χ1v) is 6.59. The fourth-order valence-corrected chi connectivity index (χ4v) is 2.76. The second-order valence-electron chi connectivity index (χ2n) is 4.41. The predicted octanol–water partition coefficient (Wildman–Crippen LogP) is 2.65. The standard InChI is InChI=1S/C13H10BrNO4/c14-11-4-3-10(19-11)12(16)9-2-1-8-7(13(17)18)5-6-15(8)9/h1-4,7H,5-6H2,(H,17,18). The number of nitrogens with zero attached hydrogens (tertiary/aromatic N) is 1. The van der Waals surface area contributed by atoms with Gasteiger partial charge in [-0.05, 0) is 46.6 Å². The van der Waals surface area contributed by atoms with Crippen molar-refractivity contribution in [1.82, 2.24) is 4.57 Å². The molecule has 0 aliphatic carbocycles. The smallest absolute Gasteiger partial charge is 0.312 e. The van der Waals surface area contributed by atoms with E-state index in [0.29, 0.717) is 29.0 Å². The minimum Gasteiger partial charge on any atom is -0.481 e. The number of carbonyl (C=O) groups excluding carboxylic acids is 1. The molecule has 2 aromatic heterocycles. The largest absolute Gasteiger partial charge is 0.481 e. The molecule has 3 heterocycles. The van der Waals surface area contributed by atoms with Crippen molar-refractivity contribution in [3.05, 3.63) is 46.1 Å². The molecule has 1 aliphatic rings. The van der Waals surface area contributed by atoms with Gasteiger partial charge in [-0.1, -0.05) is 0 Å². The van der Waals surface area contributed by atoms with Gasteiger partial charge in [-0.15, -0.1) is 0 Å². The summed E-state index contributed by atoms with van der Waals surface area (Å²) >= 11 is 3.15. The second kappa shape index (κ2) is 4.38. The summed E-state index contributed by atoms with van der Waals surface area (Å²) in [5.41, 5.74) is 1.15. The molecular weight excluding hydrogens is 314 g/mol. The lowest BCUT2D eigenvalue weighted by Gasteiger charge is -2.03. The zero-order valence-corrected chi connectivity index (χ0v) is 11.4. The monoisotopic (exact) mass is 323 g/mol. The van der Waals surface area contributed by atoms with Crippen LogP contribution in [-0.4, -0.2) is 21.4 Å². The van der Waals surface area contributed by atoms with Crippen LogP contribution in [0.25, 0.3) is 0 Å². The van der Waals surface area contributed by atoms with Crippen LogP contribution in [0, 0.1) is 0 Å². The number of halogens is 1. The number of carbonyl (C=O) groups is 2. The van der Waals surface area contributed by atoms with Gasteiger partial charge in [-0.25, -0.2) is 0 Å². The lowest BCUT2D eigenvalue weighted by molar-refractivity contribution is -0.138. The van der Waals surface area contributed by atoms with Crippen molar-refractivity contribution in [2.75, 3.05) is 0 Å². The Morgan fingerprint density at radius 1 is 1.32 bits per heavy atom. The normalized spacial score (nSPS) is 17.4. The third kappa shape index (κ3) is 1.92. The number of carboxylic acids is 1.